The van der Waals surface area contributed by atoms with Crippen LogP contribution in [-0.2, 0) is 4.74 Å². The Morgan fingerprint density at radius 1 is 0.846 bits per heavy atom. The molecule has 0 heterocycles. The molecule has 0 saturated heterocycles. The molecule has 2 aromatic carbocycles. The van der Waals surface area contributed by atoms with Gasteiger partial charge in [0.2, 0.25) is 5.75 Å². The highest BCUT2D eigenvalue weighted by Crippen LogP contribution is 2.38. The first-order valence-corrected chi connectivity index (χ1v) is 7.77. The summed E-state index contributed by atoms with van der Waals surface area (Å²) in [6.45, 7) is 0.0111. The first-order valence-electron chi connectivity index (χ1n) is 7.77. The van der Waals surface area contributed by atoms with Crippen molar-refractivity contribution in [1.29, 1.82) is 0 Å². The summed E-state index contributed by atoms with van der Waals surface area (Å²) in [5, 5.41) is 2.76. The van der Waals surface area contributed by atoms with E-state index in [0.717, 1.165) is 0 Å². The summed E-state index contributed by atoms with van der Waals surface area (Å²) in [5.74, 6) is 0.706. The third-order valence-corrected chi connectivity index (χ3v) is 3.67. The summed E-state index contributed by atoms with van der Waals surface area (Å²) >= 11 is 0. The zero-order valence-electron chi connectivity index (χ0n) is 15.1. The Morgan fingerprint density at radius 2 is 1.42 bits per heavy atom. The van der Waals surface area contributed by atoms with Gasteiger partial charge in [0.25, 0.3) is 5.91 Å². The van der Waals surface area contributed by atoms with Gasteiger partial charge in [-0.25, -0.2) is 0 Å². The number of carbonyl (C=O) groups is 2. The highest BCUT2D eigenvalue weighted by Gasteiger charge is 2.17. The highest BCUT2D eigenvalue weighted by atomic mass is 16.5. The number of anilines is 1. The minimum atomic E-state index is -0.347. The zero-order valence-corrected chi connectivity index (χ0v) is 15.1. The van der Waals surface area contributed by atoms with E-state index >= 15 is 0 Å². The van der Waals surface area contributed by atoms with Gasteiger partial charge >= 0.3 is 0 Å². The van der Waals surface area contributed by atoms with Crippen molar-refractivity contribution in [2.24, 2.45) is 0 Å². The molecule has 0 aromatic heterocycles. The van der Waals surface area contributed by atoms with Gasteiger partial charge < -0.3 is 24.3 Å². The van der Waals surface area contributed by atoms with Crippen molar-refractivity contribution in [3.8, 4) is 17.2 Å². The van der Waals surface area contributed by atoms with Crippen LogP contribution in [0.15, 0.2) is 36.4 Å². The average Bonchev–Trinajstić information content (AvgIpc) is 2.67. The fraction of sp³-hybridized carbons (Fsp3) is 0.263. The second-order valence-corrected chi connectivity index (χ2v) is 5.30. The summed E-state index contributed by atoms with van der Waals surface area (Å²) in [7, 11) is 5.92. The molecule has 0 radical (unpaired) electrons. The van der Waals surface area contributed by atoms with Crippen molar-refractivity contribution in [2.45, 2.75) is 0 Å². The number of rotatable bonds is 8. The number of benzene rings is 2. The normalized spacial score (nSPS) is 10.2. The molecule has 0 unspecified atom stereocenters. The van der Waals surface area contributed by atoms with Gasteiger partial charge in [-0.15, -0.1) is 0 Å². The number of Topliss-reactive ketones (excluding diaryl/α,β-unsaturated/α-hetero) is 1. The van der Waals surface area contributed by atoms with Crippen molar-refractivity contribution in [1.82, 2.24) is 0 Å². The van der Waals surface area contributed by atoms with Crippen molar-refractivity contribution in [2.75, 3.05) is 40.4 Å². The maximum absolute atomic E-state index is 12.5. The third-order valence-electron chi connectivity index (χ3n) is 3.67. The van der Waals surface area contributed by atoms with E-state index < -0.39 is 0 Å². The molecule has 26 heavy (non-hydrogen) atoms. The topological polar surface area (TPSA) is 83.1 Å². The molecule has 0 bridgehead atoms. The Hall–Kier alpha value is -3.06. The number of ether oxygens (including phenoxy) is 4. The smallest absolute Gasteiger partial charge is 0.255 e. The Kier molecular flexibility index (Phi) is 6.57. The molecule has 138 valence electrons. The van der Waals surface area contributed by atoms with Gasteiger partial charge in [0.05, 0.1) is 21.3 Å². The number of carbonyl (C=O) groups excluding carboxylic acids is 2. The van der Waals surface area contributed by atoms with E-state index in [1.54, 1.807) is 36.4 Å². The van der Waals surface area contributed by atoms with Gasteiger partial charge in [-0.2, -0.15) is 0 Å². The Morgan fingerprint density at radius 3 is 1.88 bits per heavy atom. The number of amides is 1. The lowest BCUT2D eigenvalue weighted by molar-refractivity contribution is 0.0848. The van der Waals surface area contributed by atoms with Crippen LogP contribution >= 0.6 is 0 Å². The number of hydrogen-bond acceptors (Lipinski definition) is 6. The monoisotopic (exact) mass is 359 g/mol. The minimum absolute atomic E-state index is 0.0111. The summed E-state index contributed by atoms with van der Waals surface area (Å²) in [4.78, 5) is 24.3. The molecule has 0 aliphatic carbocycles. The lowest BCUT2D eigenvalue weighted by Gasteiger charge is -2.14. The second-order valence-electron chi connectivity index (χ2n) is 5.30. The largest absolute Gasteiger partial charge is 0.493 e. The molecule has 0 spiro atoms. The summed E-state index contributed by atoms with van der Waals surface area (Å²) < 4.78 is 20.6. The van der Waals surface area contributed by atoms with Gasteiger partial charge in [0.15, 0.2) is 17.3 Å². The summed E-state index contributed by atoms with van der Waals surface area (Å²) in [6.07, 6.45) is 0. The molecule has 0 fully saturated rings. The minimum Gasteiger partial charge on any atom is -0.493 e. The second kappa shape index (κ2) is 8.87. The van der Waals surface area contributed by atoms with E-state index in [9.17, 15) is 9.59 Å². The van der Waals surface area contributed by atoms with E-state index in [1.807, 2.05) is 0 Å². The Labute approximate surface area is 151 Å². The van der Waals surface area contributed by atoms with Gasteiger partial charge in [0.1, 0.15) is 6.61 Å². The summed E-state index contributed by atoms with van der Waals surface area (Å²) in [5.41, 5.74) is 1.41. The van der Waals surface area contributed by atoms with E-state index in [2.05, 4.69) is 5.32 Å². The highest BCUT2D eigenvalue weighted by molar-refractivity contribution is 6.05. The Bertz CT molecular complexity index is 760. The van der Waals surface area contributed by atoms with Crippen LogP contribution in [0.25, 0.3) is 0 Å². The fourth-order valence-corrected chi connectivity index (χ4v) is 2.37. The SMILES string of the molecule is COCC(=O)c1ccc(NC(=O)c2cc(OC)c(OC)c(OC)c2)cc1. The maximum atomic E-state index is 12.5. The molecule has 2 rings (SSSR count). The lowest BCUT2D eigenvalue weighted by atomic mass is 10.1. The molecule has 0 aliphatic rings. The van der Waals surface area contributed by atoms with Gasteiger partial charge in [-0.05, 0) is 36.4 Å². The van der Waals surface area contributed by atoms with E-state index in [1.165, 1.54) is 28.4 Å². The lowest BCUT2D eigenvalue weighted by Crippen LogP contribution is -2.13. The first kappa shape index (κ1) is 19.3. The molecule has 0 saturated carbocycles. The van der Waals surface area contributed by atoms with Crippen LogP contribution in [-0.4, -0.2) is 46.7 Å². The molecule has 0 atom stereocenters. The molecule has 0 aliphatic heterocycles. The molecule has 1 N–H and O–H groups in total. The number of methoxy groups -OCH3 is 4. The van der Waals surface area contributed by atoms with Crippen molar-refractivity contribution in [3.63, 3.8) is 0 Å². The first-order chi connectivity index (χ1) is 12.5. The molecule has 1 amide bonds. The van der Waals surface area contributed by atoms with Crippen LogP contribution in [0.2, 0.25) is 0 Å². The van der Waals surface area contributed by atoms with E-state index in [0.29, 0.717) is 34.1 Å². The predicted octanol–water partition coefficient (Wildman–Crippen LogP) is 2.79. The van der Waals surface area contributed by atoms with Crippen LogP contribution < -0.4 is 19.5 Å². The number of ketones is 1. The third kappa shape index (κ3) is 4.31. The number of nitrogens with one attached hydrogen (secondary N) is 1. The van der Waals surface area contributed by atoms with E-state index in [-0.39, 0.29) is 18.3 Å². The molecule has 2 aromatic rings. The van der Waals surface area contributed by atoms with Gasteiger partial charge in [0, 0.05) is 23.9 Å². The molecule has 7 heteroatoms. The van der Waals surface area contributed by atoms with Crippen molar-refractivity contribution < 1.29 is 28.5 Å². The van der Waals surface area contributed by atoms with Crippen LogP contribution in [0.3, 0.4) is 0 Å². The fourth-order valence-electron chi connectivity index (χ4n) is 2.37. The predicted molar refractivity (Wildman–Crippen MR) is 96.7 cm³/mol. The quantitative estimate of drug-likeness (QED) is 0.730. The molecule has 7 nitrogen and oxygen atoms in total. The maximum Gasteiger partial charge on any atom is 0.255 e. The standard InChI is InChI=1S/C19H21NO6/c1-23-11-15(21)12-5-7-14(8-6-12)20-19(22)13-9-16(24-2)18(26-4)17(10-13)25-3/h5-10H,11H2,1-4H3,(H,20,22). The van der Waals surface area contributed by atoms with Crippen molar-refractivity contribution in [3.05, 3.63) is 47.5 Å². The molecular weight excluding hydrogens is 338 g/mol. The van der Waals surface area contributed by atoms with Crippen LogP contribution in [0.4, 0.5) is 5.69 Å². The molecular formula is C19H21NO6. The Balaban J connectivity index is 2.20. The van der Waals surface area contributed by atoms with E-state index in [4.69, 9.17) is 18.9 Å². The van der Waals surface area contributed by atoms with Gasteiger partial charge in [-0.3, -0.25) is 9.59 Å². The average molecular weight is 359 g/mol. The van der Waals surface area contributed by atoms with Crippen molar-refractivity contribution >= 4 is 17.4 Å². The zero-order chi connectivity index (χ0) is 19.1. The van der Waals surface area contributed by atoms with Crippen LogP contribution in [0.1, 0.15) is 20.7 Å². The van der Waals surface area contributed by atoms with Crippen LogP contribution in [0, 0.1) is 0 Å². The number of hydrogen-bond donors (Lipinski definition) is 1. The van der Waals surface area contributed by atoms with Gasteiger partial charge in [-0.1, -0.05) is 0 Å². The summed E-state index contributed by atoms with van der Waals surface area (Å²) in [6, 6.07) is 9.69. The van der Waals surface area contributed by atoms with Crippen LogP contribution in [0.5, 0.6) is 17.2 Å².